The number of para-hydroxylation sites is 1. The zero-order chi connectivity index (χ0) is 24.1. The number of amides is 2. The van der Waals surface area contributed by atoms with Crippen LogP contribution in [0.3, 0.4) is 0 Å². The molecular weight excluding hydrogens is 424 g/mol. The molecule has 3 aliphatic rings. The average molecular weight is 469 g/mol. The van der Waals surface area contributed by atoms with E-state index in [1.807, 2.05) is 39.0 Å². The van der Waals surface area contributed by atoms with Gasteiger partial charge in [-0.1, -0.05) is 58.6 Å². The van der Waals surface area contributed by atoms with Crippen LogP contribution in [0, 0.1) is 5.41 Å². The Balaban J connectivity index is 1.34. The fourth-order valence-electron chi connectivity index (χ4n) is 5.68. The monoisotopic (exact) mass is 468 g/mol. The first-order valence-electron chi connectivity index (χ1n) is 13.5. The Labute approximate surface area is 206 Å². The smallest absolute Gasteiger partial charge is 0.256 e. The quantitative estimate of drug-likeness (QED) is 0.670. The largest absolute Gasteiger partial charge is 0.371 e. The number of nitrogens with zero attached hydrogens (tertiary/aromatic N) is 3. The second-order valence-corrected chi connectivity index (χ2v) is 11.5. The summed E-state index contributed by atoms with van der Waals surface area (Å²) in [4.78, 5) is 32.9. The van der Waals surface area contributed by atoms with Crippen molar-refractivity contribution in [3.63, 3.8) is 0 Å². The van der Waals surface area contributed by atoms with Gasteiger partial charge in [0.05, 0.1) is 5.56 Å². The van der Waals surface area contributed by atoms with Crippen molar-refractivity contribution in [2.45, 2.75) is 84.2 Å². The molecule has 0 radical (unpaired) electrons. The summed E-state index contributed by atoms with van der Waals surface area (Å²) in [6.07, 6.45) is 9.93. The number of nitrogens with one attached hydrogen (secondary N) is 1. The van der Waals surface area contributed by atoms with Crippen molar-refractivity contribution >= 4 is 17.5 Å². The molecule has 1 aromatic rings. The Hall–Kier alpha value is -2.08. The standard InChI is InChI=1S/C28H44N4O2/c1-28(2,3)27(34)29-22-14-16-31(17-15-22)25-13-9-8-12-24(25)26(33)32-20-18-30(19-21-32)23-10-6-4-5-7-11-23/h8-9,12-13,22-23H,4-7,10-11,14-21H2,1-3H3,(H,29,34). The van der Waals surface area contributed by atoms with Gasteiger partial charge < -0.3 is 15.1 Å². The molecule has 34 heavy (non-hydrogen) atoms. The second kappa shape index (κ2) is 11.1. The van der Waals surface area contributed by atoms with E-state index in [1.165, 1.54) is 38.5 Å². The van der Waals surface area contributed by atoms with Crippen molar-refractivity contribution in [2.24, 2.45) is 5.41 Å². The zero-order valence-electron chi connectivity index (χ0n) is 21.5. The van der Waals surface area contributed by atoms with Crippen molar-refractivity contribution in [1.82, 2.24) is 15.1 Å². The Bertz CT molecular complexity index is 825. The van der Waals surface area contributed by atoms with Crippen LogP contribution in [0.25, 0.3) is 0 Å². The zero-order valence-corrected chi connectivity index (χ0v) is 21.5. The van der Waals surface area contributed by atoms with Gasteiger partial charge in [-0.3, -0.25) is 14.5 Å². The highest BCUT2D eigenvalue weighted by molar-refractivity contribution is 6.00. The first-order valence-corrected chi connectivity index (χ1v) is 13.5. The molecule has 1 N–H and O–H groups in total. The van der Waals surface area contributed by atoms with Crippen LogP contribution < -0.4 is 10.2 Å². The average Bonchev–Trinajstić information content (AvgIpc) is 3.13. The molecule has 2 heterocycles. The predicted molar refractivity (Wildman–Crippen MR) is 138 cm³/mol. The summed E-state index contributed by atoms with van der Waals surface area (Å²) >= 11 is 0. The van der Waals surface area contributed by atoms with Gasteiger partial charge in [0.2, 0.25) is 5.91 Å². The van der Waals surface area contributed by atoms with Gasteiger partial charge in [-0.25, -0.2) is 0 Å². The van der Waals surface area contributed by atoms with Gasteiger partial charge in [-0.15, -0.1) is 0 Å². The maximum Gasteiger partial charge on any atom is 0.256 e. The van der Waals surface area contributed by atoms with Crippen molar-refractivity contribution in [3.05, 3.63) is 29.8 Å². The van der Waals surface area contributed by atoms with Crippen LogP contribution in [-0.2, 0) is 4.79 Å². The van der Waals surface area contributed by atoms with Gasteiger partial charge in [-0.2, -0.15) is 0 Å². The number of carbonyl (C=O) groups is 2. The van der Waals surface area contributed by atoms with E-state index >= 15 is 0 Å². The van der Waals surface area contributed by atoms with Crippen LogP contribution in [0.15, 0.2) is 24.3 Å². The van der Waals surface area contributed by atoms with Crippen molar-refractivity contribution < 1.29 is 9.59 Å². The molecule has 6 nitrogen and oxygen atoms in total. The molecule has 6 heteroatoms. The number of carbonyl (C=O) groups excluding carboxylic acids is 2. The lowest BCUT2D eigenvalue weighted by Gasteiger charge is -2.40. The highest BCUT2D eigenvalue weighted by Gasteiger charge is 2.30. The molecule has 0 aromatic heterocycles. The Morgan fingerprint density at radius 1 is 0.824 bits per heavy atom. The van der Waals surface area contributed by atoms with Gasteiger partial charge in [0.1, 0.15) is 0 Å². The van der Waals surface area contributed by atoms with Crippen molar-refractivity contribution in [2.75, 3.05) is 44.2 Å². The number of rotatable bonds is 4. The molecule has 1 aromatic carbocycles. The topological polar surface area (TPSA) is 55.9 Å². The summed E-state index contributed by atoms with van der Waals surface area (Å²) in [7, 11) is 0. The number of piperazine rings is 1. The fraction of sp³-hybridized carbons (Fsp3) is 0.714. The maximum atomic E-state index is 13.5. The Kier molecular flexibility index (Phi) is 8.18. The molecule has 1 saturated carbocycles. The van der Waals surface area contributed by atoms with Crippen LogP contribution >= 0.6 is 0 Å². The molecule has 0 bridgehead atoms. The summed E-state index contributed by atoms with van der Waals surface area (Å²) in [5.74, 6) is 0.281. The summed E-state index contributed by atoms with van der Waals surface area (Å²) in [6, 6.07) is 9.01. The summed E-state index contributed by atoms with van der Waals surface area (Å²) in [5.41, 5.74) is 1.50. The third-order valence-electron chi connectivity index (χ3n) is 7.93. The first-order chi connectivity index (χ1) is 16.3. The van der Waals surface area contributed by atoms with Crippen molar-refractivity contribution in [3.8, 4) is 0 Å². The highest BCUT2D eigenvalue weighted by Crippen LogP contribution is 2.27. The highest BCUT2D eigenvalue weighted by atomic mass is 16.2. The van der Waals surface area contributed by atoms with E-state index in [4.69, 9.17) is 0 Å². The molecule has 2 aliphatic heterocycles. The van der Waals surface area contributed by atoms with Crippen LogP contribution in [0.1, 0.15) is 82.5 Å². The van der Waals surface area contributed by atoms with E-state index in [0.717, 1.165) is 63.4 Å². The summed E-state index contributed by atoms with van der Waals surface area (Å²) in [6.45, 7) is 11.2. The van der Waals surface area contributed by atoms with E-state index < -0.39 is 0 Å². The second-order valence-electron chi connectivity index (χ2n) is 11.5. The van der Waals surface area contributed by atoms with E-state index in [-0.39, 0.29) is 23.3 Å². The lowest BCUT2D eigenvalue weighted by Crippen LogP contribution is -2.52. The number of anilines is 1. The molecule has 0 spiro atoms. The Morgan fingerprint density at radius 3 is 2.06 bits per heavy atom. The van der Waals surface area contributed by atoms with Crippen LogP contribution in [0.5, 0.6) is 0 Å². The first kappa shape index (κ1) is 25.0. The molecule has 1 aliphatic carbocycles. The number of hydrogen-bond donors (Lipinski definition) is 1. The summed E-state index contributed by atoms with van der Waals surface area (Å²) in [5, 5.41) is 3.21. The molecule has 4 rings (SSSR count). The van der Waals surface area contributed by atoms with Crippen LogP contribution in [0.4, 0.5) is 5.69 Å². The van der Waals surface area contributed by atoms with Gasteiger partial charge in [-0.05, 0) is 37.8 Å². The predicted octanol–water partition coefficient (Wildman–Crippen LogP) is 4.30. The maximum absolute atomic E-state index is 13.5. The lowest BCUT2D eigenvalue weighted by atomic mass is 9.94. The number of piperidine rings is 1. The number of benzene rings is 1. The van der Waals surface area contributed by atoms with Gasteiger partial charge in [0.15, 0.2) is 0 Å². The minimum absolute atomic E-state index is 0.115. The van der Waals surface area contributed by atoms with Crippen LogP contribution in [-0.4, -0.2) is 73.0 Å². The third kappa shape index (κ3) is 6.12. The fourth-order valence-corrected chi connectivity index (χ4v) is 5.68. The van der Waals surface area contributed by atoms with E-state index in [1.54, 1.807) is 0 Å². The van der Waals surface area contributed by atoms with Crippen molar-refractivity contribution in [1.29, 1.82) is 0 Å². The van der Waals surface area contributed by atoms with E-state index in [9.17, 15) is 9.59 Å². The molecule has 2 amide bonds. The molecule has 0 atom stereocenters. The molecule has 0 unspecified atom stereocenters. The summed E-state index contributed by atoms with van der Waals surface area (Å²) < 4.78 is 0. The van der Waals surface area contributed by atoms with Gasteiger partial charge >= 0.3 is 0 Å². The molecule has 188 valence electrons. The van der Waals surface area contributed by atoms with Crippen LogP contribution in [0.2, 0.25) is 0 Å². The molecule has 3 fully saturated rings. The third-order valence-corrected chi connectivity index (χ3v) is 7.93. The van der Waals surface area contributed by atoms with Gasteiger partial charge in [0, 0.05) is 62.5 Å². The number of hydrogen-bond acceptors (Lipinski definition) is 4. The minimum Gasteiger partial charge on any atom is -0.371 e. The Morgan fingerprint density at radius 2 is 1.44 bits per heavy atom. The van der Waals surface area contributed by atoms with Gasteiger partial charge in [0.25, 0.3) is 5.91 Å². The minimum atomic E-state index is -0.365. The normalized spacial score (nSPS) is 21.9. The van der Waals surface area contributed by atoms with E-state index in [2.05, 4.69) is 26.1 Å². The van der Waals surface area contributed by atoms with E-state index in [0.29, 0.717) is 6.04 Å². The lowest BCUT2D eigenvalue weighted by molar-refractivity contribution is -0.129. The SMILES string of the molecule is CC(C)(C)C(=O)NC1CCN(c2ccccc2C(=O)N2CCN(C3CCCCCC3)CC2)CC1. The molecular formula is C28H44N4O2. The molecule has 2 saturated heterocycles.